The summed E-state index contributed by atoms with van der Waals surface area (Å²) in [6.45, 7) is 5.63. The summed E-state index contributed by atoms with van der Waals surface area (Å²) in [5, 5.41) is 2.60. The first-order valence-electron chi connectivity index (χ1n) is 4.58. The normalized spacial score (nSPS) is 11.3. The summed E-state index contributed by atoms with van der Waals surface area (Å²) < 4.78 is 26.5. The molecule has 4 heteroatoms. The molecule has 0 aliphatic heterocycles. The monoisotopic (exact) mass is 229 g/mol. The molecule has 15 heavy (non-hydrogen) atoms. The first-order valence-corrected chi connectivity index (χ1v) is 4.98. The SMILES string of the molecule is CC(C)(C)C(=S)Nc1c(F)cccc1F. The number of rotatable bonds is 1. The molecule has 1 nitrogen and oxygen atoms in total. The third-order valence-corrected chi connectivity index (χ3v) is 2.60. The number of hydrogen-bond donors (Lipinski definition) is 1. The standard InChI is InChI=1S/C11H13F2NS/c1-11(2,3)10(15)14-9-7(12)5-4-6-8(9)13/h4-6H,1-3H3,(H,14,15). The first kappa shape index (κ1) is 12.0. The average molecular weight is 229 g/mol. The molecule has 0 saturated heterocycles. The molecule has 0 atom stereocenters. The second-order valence-electron chi connectivity index (χ2n) is 4.30. The van der Waals surface area contributed by atoms with Gasteiger partial charge in [0.05, 0.1) is 4.99 Å². The maximum absolute atomic E-state index is 13.2. The summed E-state index contributed by atoms with van der Waals surface area (Å²) in [5.74, 6) is -1.27. The van der Waals surface area contributed by atoms with Crippen LogP contribution in [0.15, 0.2) is 18.2 Å². The predicted octanol–water partition coefficient (Wildman–Crippen LogP) is 3.75. The fourth-order valence-electron chi connectivity index (χ4n) is 0.918. The van der Waals surface area contributed by atoms with Crippen LogP contribution in [0.4, 0.5) is 14.5 Å². The van der Waals surface area contributed by atoms with Gasteiger partial charge < -0.3 is 5.32 Å². The molecule has 0 radical (unpaired) electrons. The molecule has 0 bridgehead atoms. The van der Waals surface area contributed by atoms with E-state index in [1.807, 2.05) is 20.8 Å². The molecular weight excluding hydrogens is 216 g/mol. The van der Waals surface area contributed by atoms with Crippen molar-refractivity contribution in [1.29, 1.82) is 0 Å². The van der Waals surface area contributed by atoms with Gasteiger partial charge in [0.15, 0.2) is 0 Å². The zero-order valence-corrected chi connectivity index (χ0v) is 9.71. The molecule has 0 aliphatic rings. The highest BCUT2D eigenvalue weighted by molar-refractivity contribution is 7.80. The van der Waals surface area contributed by atoms with Crippen LogP contribution in [0.25, 0.3) is 0 Å². The van der Waals surface area contributed by atoms with Gasteiger partial charge in [-0.1, -0.05) is 39.1 Å². The van der Waals surface area contributed by atoms with Gasteiger partial charge in [-0.25, -0.2) is 8.78 Å². The van der Waals surface area contributed by atoms with Crippen LogP contribution in [0, 0.1) is 17.0 Å². The maximum Gasteiger partial charge on any atom is 0.149 e. The number of nitrogens with one attached hydrogen (secondary N) is 1. The lowest BCUT2D eigenvalue weighted by Crippen LogP contribution is -2.26. The van der Waals surface area contributed by atoms with Crippen molar-refractivity contribution in [2.75, 3.05) is 5.32 Å². The van der Waals surface area contributed by atoms with E-state index < -0.39 is 11.6 Å². The molecule has 1 aromatic carbocycles. The van der Waals surface area contributed by atoms with Gasteiger partial charge in [0, 0.05) is 5.41 Å². The second kappa shape index (κ2) is 4.23. The summed E-state index contributed by atoms with van der Waals surface area (Å²) in [5.41, 5.74) is -0.498. The zero-order chi connectivity index (χ0) is 11.6. The van der Waals surface area contributed by atoms with E-state index in [0.717, 1.165) is 0 Å². The summed E-state index contributed by atoms with van der Waals surface area (Å²) in [6, 6.07) is 3.70. The molecule has 0 aromatic heterocycles. The Labute approximate surface area is 93.5 Å². The van der Waals surface area contributed by atoms with Crippen molar-refractivity contribution in [3.8, 4) is 0 Å². The zero-order valence-electron chi connectivity index (χ0n) is 8.90. The van der Waals surface area contributed by atoms with Crippen molar-refractivity contribution in [3.63, 3.8) is 0 Å². The Kier molecular flexibility index (Phi) is 3.39. The number of anilines is 1. The molecule has 0 heterocycles. The topological polar surface area (TPSA) is 12.0 Å². The van der Waals surface area contributed by atoms with E-state index in [-0.39, 0.29) is 11.1 Å². The number of benzene rings is 1. The van der Waals surface area contributed by atoms with E-state index >= 15 is 0 Å². The van der Waals surface area contributed by atoms with Crippen molar-refractivity contribution in [1.82, 2.24) is 0 Å². The van der Waals surface area contributed by atoms with Gasteiger partial charge in [0.25, 0.3) is 0 Å². The molecule has 1 aromatic rings. The summed E-state index contributed by atoms with van der Waals surface area (Å²) >= 11 is 5.05. The number of para-hydroxylation sites is 1. The lowest BCUT2D eigenvalue weighted by atomic mass is 9.96. The van der Waals surface area contributed by atoms with E-state index in [1.54, 1.807) is 0 Å². The lowest BCUT2D eigenvalue weighted by molar-refractivity contribution is 0.582. The summed E-state index contributed by atoms with van der Waals surface area (Å²) in [6.07, 6.45) is 0. The molecule has 1 N–H and O–H groups in total. The van der Waals surface area contributed by atoms with Gasteiger partial charge in [0.2, 0.25) is 0 Å². The molecule has 0 fully saturated rings. The molecular formula is C11H13F2NS. The second-order valence-corrected chi connectivity index (χ2v) is 4.71. The highest BCUT2D eigenvalue weighted by Gasteiger charge is 2.19. The van der Waals surface area contributed by atoms with Crippen LogP contribution < -0.4 is 5.32 Å². The quantitative estimate of drug-likeness (QED) is 0.736. The molecule has 82 valence electrons. The minimum Gasteiger partial charge on any atom is -0.345 e. The molecule has 0 amide bonds. The van der Waals surface area contributed by atoms with Crippen molar-refractivity contribution in [2.24, 2.45) is 5.41 Å². The van der Waals surface area contributed by atoms with E-state index in [1.165, 1.54) is 18.2 Å². The minimum atomic E-state index is -0.637. The van der Waals surface area contributed by atoms with Crippen LogP contribution in [0.3, 0.4) is 0 Å². The molecule has 1 rings (SSSR count). The van der Waals surface area contributed by atoms with Gasteiger partial charge in [-0.3, -0.25) is 0 Å². The third kappa shape index (κ3) is 2.96. The largest absolute Gasteiger partial charge is 0.345 e. The average Bonchev–Trinajstić information content (AvgIpc) is 2.09. The van der Waals surface area contributed by atoms with E-state index in [4.69, 9.17) is 12.2 Å². The van der Waals surface area contributed by atoms with Gasteiger partial charge in [-0.05, 0) is 12.1 Å². The fourth-order valence-corrected chi connectivity index (χ4v) is 1.02. The van der Waals surface area contributed by atoms with Crippen LogP contribution in [0.1, 0.15) is 20.8 Å². The smallest absolute Gasteiger partial charge is 0.149 e. The number of thiocarbonyl (C=S) groups is 1. The number of halogens is 2. The van der Waals surface area contributed by atoms with Crippen molar-refractivity contribution in [2.45, 2.75) is 20.8 Å². The van der Waals surface area contributed by atoms with Crippen molar-refractivity contribution >= 4 is 22.9 Å². The molecule has 0 saturated carbocycles. The fraction of sp³-hybridized carbons (Fsp3) is 0.364. The summed E-state index contributed by atoms with van der Waals surface area (Å²) in [7, 11) is 0. The Hall–Kier alpha value is -1.03. The molecule has 0 spiro atoms. The first-order chi connectivity index (χ1) is 6.82. The Balaban J connectivity index is 2.95. The van der Waals surface area contributed by atoms with Gasteiger partial charge >= 0.3 is 0 Å². The Bertz CT molecular complexity index is 362. The Morgan fingerprint density at radius 3 is 2.07 bits per heavy atom. The highest BCUT2D eigenvalue weighted by atomic mass is 32.1. The molecule has 0 aliphatic carbocycles. The van der Waals surface area contributed by atoms with E-state index in [0.29, 0.717) is 4.99 Å². The van der Waals surface area contributed by atoms with Gasteiger partial charge in [0.1, 0.15) is 17.3 Å². The molecule has 0 unspecified atom stereocenters. The van der Waals surface area contributed by atoms with Crippen molar-refractivity contribution in [3.05, 3.63) is 29.8 Å². The van der Waals surface area contributed by atoms with Crippen LogP contribution >= 0.6 is 12.2 Å². The van der Waals surface area contributed by atoms with Crippen molar-refractivity contribution < 1.29 is 8.78 Å². The highest BCUT2D eigenvalue weighted by Crippen LogP contribution is 2.23. The minimum absolute atomic E-state index is 0.183. The Morgan fingerprint density at radius 2 is 1.67 bits per heavy atom. The lowest BCUT2D eigenvalue weighted by Gasteiger charge is -2.21. The number of hydrogen-bond acceptors (Lipinski definition) is 1. The third-order valence-electron chi connectivity index (χ3n) is 1.88. The van der Waals surface area contributed by atoms with E-state index in [2.05, 4.69) is 5.32 Å². The summed E-state index contributed by atoms with van der Waals surface area (Å²) in [4.78, 5) is 0.409. The van der Waals surface area contributed by atoms with Crippen LogP contribution in [0.5, 0.6) is 0 Å². The van der Waals surface area contributed by atoms with E-state index in [9.17, 15) is 8.78 Å². The van der Waals surface area contributed by atoms with Crippen LogP contribution in [-0.4, -0.2) is 4.99 Å². The van der Waals surface area contributed by atoms with Crippen LogP contribution in [0.2, 0.25) is 0 Å². The predicted molar refractivity (Wildman–Crippen MR) is 62.0 cm³/mol. The maximum atomic E-state index is 13.2. The Morgan fingerprint density at radius 1 is 1.20 bits per heavy atom. The van der Waals surface area contributed by atoms with Crippen LogP contribution in [-0.2, 0) is 0 Å². The van der Waals surface area contributed by atoms with Gasteiger partial charge in [-0.2, -0.15) is 0 Å². The van der Waals surface area contributed by atoms with Gasteiger partial charge in [-0.15, -0.1) is 0 Å².